The number of nitrogens with zero attached hydrogens (tertiary/aromatic N) is 3. The predicted octanol–water partition coefficient (Wildman–Crippen LogP) is 6.19. The molecule has 0 fully saturated rings. The Labute approximate surface area is 189 Å². The van der Waals surface area contributed by atoms with E-state index >= 15 is 0 Å². The number of phenolic OH excluding ortho intramolecular Hbond substituents is 1. The molecule has 3 aromatic carbocycles. The van der Waals surface area contributed by atoms with Crippen LogP contribution in [-0.2, 0) is 0 Å². The van der Waals surface area contributed by atoms with E-state index < -0.39 is 16.6 Å². The van der Waals surface area contributed by atoms with Gasteiger partial charge in [0, 0.05) is 17.8 Å². The number of fused-ring (bicyclic) bond motifs is 1. The maximum absolute atomic E-state index is 13.6. The average molecular weight is 474 g/mol. The summed E-state index contributed by atoms with van der Waals surface area (Å²) in [5, 5.41) is 21.4. The number of non-ortho nitro benzene ring substituents is 1. The molecule has 0 unspecified atom stereocenters. The molecule has 0 spiro atoms. The third-order valence-corrected chi connectivity index (χ3v) is 4.88. The SMILES string of the molecule is CCOc1cc([N+](=O)[O-])cc(C=Nc2ccc3oc(-c4cc(F)c(F)cc4Cl)nc3c2)c1O. The fourth-order valence-electron chi connectivity index (χ4n) is 3.03. The molecule has 0 amide bonds. The van der Waals surface area contributed by atoms with Gasteiger partial charge in [-0.1, -0.05) is 11.6 Å². The van der Waals surface area contributed by atoms with Gasteiger partial charge in [0.2, 0.25) is 5.89 Å². The van der Waals surface area contributed by atoms with Crippen LogP contribution in [-0.4, -0.2) is 27.8 Å². The highest BCUT2D eigenvalue weighted by Crippen LogP contribution is 2.35. The van der Waals surface area contributed by atoms with E-state index in [4.69, 9.17) is 20.8 Å². The topological polar surface area (TPSA) is 111 Å². The van der Waals surface area contributed by atoms with Crippen LogP contribution in [0.4, 0.5) is 20.2 Å². The Hall–Kier alpha value is -4.05. The van der Waals surface area contributed by atoms with Gasteiger partial charge in [-0.15, -0.1) is 0 Å². The molecule has 8 nitrogen and oxygen atoms in total. The van der Waals surface area contributed by atoms with Crippen molar-refractivity contribution in [1.82, 2.24) is 4.98 Å². The first-order valence-corrected chi connectivity index (χ1v) is 9.88. The normalized spacial score (nSPS) is 11.4. The highest BCUT2D eigenvalue weighted by atomic mass is 35.5. The molecule has 0 atom stereocenters. The summed E-state index contributed by atoms with van der Waals surface area (Å²) in [6.45, 7) is 1.89. The maximum atomic E-state index is 13.6. The Balaban J connectivity index is 1.69. The second kappa shape index (κ2) is 8.83. The first-order valence-electron chi connectivity index (χ1n) is 9.50. The monoisotopic (exact) mass is 473 g/mol. The van der Waals surface area contributed by atoms with Crippen LogP contribution in [0, 0.1) is 21.7 Å². The lowest BCUT2D eigenvalue weighted by Gasteiger charge is -2.07. The lowest BCUT2D eigenvalue weighted by atomic mass is 10.1. The van der Waals surface area contributed by atoms with Crippen molar-refractivity contribution < 1.29 is 28.0 Å². The quantitative estimate of drug-likeness (QED) is 0.155. The van der Waals surface area contributed by atoms with Crippen LogP contribution in [0.2, 0.25) is 5.02 Å². The van der Waals surface area contributed by atoms with Gasteiger partial charge in [-0.2, -0.15) is 0 Å². The summed E-state index contributed by atoms with van der Waals surface area (Å²) in [4.78, 5) is 19.1. The number of nitro groups is 1. The summed E-state index contributed by atoms with van der Waals surface area (Å²) in [7, 11) is 0. The van der Waals surface area contributed by atoms with Crippen molar-refractivity contribution in [2.45, 2.75) is 6.92 Å². The molecule has 0 aliphatic rings. The van der Waals surface area contributed by atoms with Crippen molar-refractivity contribution in [2.75, 3.05) is 6.61 Å². The summed E-state index contributed by atoms with van der Waals surface area (Å²) in [5.74, 6) is -2.51. The fraction of sp³-hybridized carbons (Fsp3) is 0.0909. The Morgan fingerprint density at radius 3 is 2.73 bits per heavy atom. The fourth-order valence-corrected chi connectivity index (χ4v) is 3.26. The maximum Gasteiger partial charge on any atom is 0.274 e. The van der Waals surface area contributed by atoms with Crippen molar-refractivity contribution in [1.29, 1.82) is 0 Å². The number of hydrogen-bond donors (Lipinski definition) is 1. The van der Waals surface area contributed by atoms with Crippen molar-refractivity contribution >= 4 is 40.3 Å². The Bertz CT molecular complexity index is 1420. The van der Waals surface area contributed by atoms with Crippen molar-refractivity contribution in [3.05, 3.63) is 74.8 Å². The van der Waals surface area contributed by atoms with Crippen molar-refractivity contribution in [2.24, 2.45) is 4.99 Å². The summed E-state index contributed by atoms with van der Waals surface area (Å²) < 4.78 is 37.8. The highest BCUT2D eigenvalue weighted by Gasteiger charge is 2.17. The molecule has 0 saturated carbocycles. The van der Waals surface area contributed by atoms with Crippen LogP contribution in [0.15, 0.2) is 51.9 Å². The lowest BCUT2D eigenvalue weighted by molar-refractivity contribution is -0.385. The molecule has 0 aliphatic heterocycles. The van der Waals surface area contributed by atoms with E-state index in [1.54, 1.807) is 25.1 Å². The lowest BCUT2D eigenvalue weighted by Crippen LogP contribution is -1.97. The molecule has 0 aliphatic carbocycles. The summed E-state index contributed by atoms with van der Waals surface area (Å²) in [6, 6.07) is 8.71. The van der Waals surface area contributed by atoms with E-state index in [1.165, 1.54) is 12.3 Å². The third-order valence-electron chi connectivity index (χ3n) is 4.56. The highest BCUT2D eigenvalue weighted by molar-refractivity contribution is 6.33. The van der Waals surface area contributed by atoms with E-state index in [2.05, 4.69) is 9.98 Å². The minimum Gasteiger partial charge on any atom is -0.504 e. The summed E-state index contributed by atoms with van der Waals surface area (Å²) in [6.07, 6.45) is 1.25. The molecule has 0 bridgehead atoms. The standard InChI is InChI=1S/C22H14ClF2N3O5/c1-2-32-20-7-13(28(30)31)5-11(21(20)29)10-26-12-3-4-19-18(6-12)27-22(33-19)14-8-16(24)17(25)9-15(14)23/h3-10,29H,2H2,1H3. The zero-order chi connectivity index (χ0) is 23.7. The number of aromatic nitrogens is 1. The second-order valence-corrected chi connectivity index (χ2v) is 7.15. The molecule has 1 aromatic heterocycles. The van der Waals surface area contributed by atoms with E-state index in [0.29, 0.717) is 16.8 Å². The van der Waals surface area contributed by atoms with E-state index in [-0.39, 0.29) is 45.8 Å². The number of benzene rings is 3. The molecule has 0 radical (unpaired) electrons. The van der Waals surface area contributed by atoms with Gasteiger partial charge in [0.15, 0.2) is 28.7 Å². The smallest absolute Gasteiger partial charge is 0.274 e. The molecule has 1 N–H and O–H groups in total. The first kappa shape index (κ1) is 22.2. The summed E-state index contributed by atoms with van der Waals surface area (Å²) in [5.41, 5.74) is 1.00. The van der Waals surface area contributed by atoms with Crippen LogP contribution >= 0.6 is 11.6 Å². The first-order chi connectivity index (χ1) is 15.8. The number of oxazole rings is 1. The van der Waals surface area contributed by atoms with Crippen molar-refractivity contribution in [3.63, 3.8) is 0 Å². The average Bonchev–Trinajstić information content (AvgIpc) is 3.19. The minimum absolute atomic E-state index is 0.00675. The van der Waals surface area contributed by atoms with E-state index in [0.717, 1.165) is 18.2 Å². The molecule has 1 heterocycles. The van der Waals surface area contributed by atoms with Crippen LogP contribution in [0.5, 0.6) is 11.5 Å². The zero-order valence-electron chi connectivity index (χ0n) is 16.9. The molecule has 11 heteroatoms. The number of phenols is 1. The van der Waals surface area contributed by atoms with Crippen LogP contribution in [0.1, 0.15) is 12.5 Å². The van der Waals surface area contributed by atoms with Crippen LogP contribution < -0.4 is 4.74 Å². The number of halogens is 3. The van der Waals surface area contributed by atoms with Gasteiger partial charge in [0.25, 0.3) is 5.69 Å². The second-order valence-electron chi connectivity index (χ2n) is 6.75. The molecule has 33 heavy (non-hydrogen) atoms. The van der Waals surface area contributed by atoms with Gasteiger partial charge < -0.3 is 14.3 Å². The molecular weight excluding hydrogens is 460 g/mol. The Morgan fingerprint density at radius 1 is 1.24 bits per heavy atom. The predicted molar refractivity (Wildman–Crippen MR) is 118 cm³/mol. The molecule has 4 aromatic rings. The van der Waals surface area contributed by atoms with E-state index in [9.17, 15) is 24.0 Å². The van der Waals surface area contributed by atoms with E-state index in [1.807, 2.05) is 0 Å². The molecular formula is C22H14ClF2N3O5. The van der Waals surface area contributed by atoms with Gasteiger partial charge in [0.1, 0.15) is 5.52 Å². The van der Waals surface area contributed by atoms with Crippen molar-refractivity contribution in [3.8, 4) is 23.0 Å². The minimum atomic E-state index is -1.09. The third kappa shape index (κ3) is 4.46. The van der Waals surface area contributed by atoms with Gasteiger partial charge in [-0.05, 0) is 37.3 Å². The Morgan fingerprint density at radius 2 is 2.00 bits per heavy atom. The van der Waals surface area contributed by atoms with Crippen LogP contribution in [0.3, 0.4) is 0 Å². The number of rotatable bonds is 6. The van der Waals surface area contributed by atoms with Gasteiger partial charge in [0.05, 0.1) is 33.9 Å². The molecule has 168 valence electrons. The Kier molecular flexibility index (Phi) is 5.93. The molecule has 0 saturated heterocycles. The molecule has 4 rings (SSSR count). The number of nitro benzene ring substituents is 1. The number of hydrogen-bond acceptors (Lipinski definition) is 7. The number of aliphatic imine (C=N–C) groups is 1. The van der Waals surface area contributed by atoms with Gasteiger partial charge in [-0.3, -0.25) is 15.1 Å². The van der Waals surface area contributed by atoms with Gasteiger partial charge in [-0.25, -0.2) is 13.8 Å². The number of aromatic hydroxyl groups is 1. The van der Waals surface area contributed by atoms with Gasteiger partial charge >= 0.3 is 0 Å². The number of ether oxygens (including phenoxy) is 1. The summed E-state index contributed by atoms with van der Waals surface area (Å²) >= 11 is 5.99. The van der Waals surface area contributed by atoms with Crippen LogP contribution in [0.25, 0.3) is 22.6 Å². The zero-order valence-corrected chi connectivity index (χ0v) is 17.6. The largest absolute Gasteiger partial charge is 0.504 e.